The number of ether oxygens (including phenoxy) is 1. The Morgan fingerprint density at radius 1 is 1.10 bits per heavy atom. The lowest BCUT2D eigenvalue weighted by atomic mass is 10.0. The highest BCUT2D eigenvalue weighted by Gasteiger charge is 2.25. The summed E-state index contributed by atoms with van der Waals surface area (Å²) in [7, 11) is -2.19. The fraction of sp³-hybridized carbons (Fsp3) is 0.188. The van der Waals surface area contributed by atoms with E-state index in [1.54, 1.807) is 42.5 Å². The fourth-order valence-corrected chi connectivity index (χ4v) is 3.71. The highest BCUT2D eigenvalue weighted by atomic mass is 32.2. The van der Waals surface area contributed by atoms with Crippen molar-refractivity contribution in [3.63, 3.8) is 0 Å². The lowest BCUT2D eigenvalue weighted by Gasteiger charge is -2.12. The first-order valence-electron chi connectivity index (χ1n) is 6.39. The summed E-state index contributed by atoms with van der Waals surface area (Å²) in [5, 5.41) is 9.27. The van der Waals surface area contributed by atoms with Crippen LogP contribution in [0.4, 0.5) is 0 Å². The van der Waals surface area contributed by atoms with Crippen molar-refractivity contribution in [1.29, 1.82) is 5.26 Å². The first kappa shape index (κ1) is 15.1. The summed E-state index contributed by atoms with van der Waals surface area (Å²) in [6.45, 7) is 0. The van der Waals surface area contributed by atoms with Crippen LogP contribution in [0.25, 0.3) is 0 Å². The molecule has 2 aromatic carbocycles. The second-order valence-corrected chi connectivity index (χ2v) is 6.53. The smallest absolute Gasteiger partial charge is 0.183 e. The molecule has 0 saturated heterocycles. The van der Waals surface area contributed by atoms with E-state index >= 15 is 0 Å². The zero-order valence-electron chi connectivity index (χ0n) is 11.6. The molecule has 0 aliphatic carbocycles. The second-order valence-electron chi connectivity index (χ2n) is 4.52. The Kier molecular flexibility index (Phi) is 4.61. The van der Waals surface area contributed by atoms with Gasteiger partial charge in [-0.2, -0.15) is 5.26 Å². The maximum Gasteiger partial charge on any atom is 0.183 e. The van der Waals surface area contributed by atoms with Gasteiger partial charge in [0.15, 0.2) is 9.84 Å². The van der Waals surface area contributed by atoms with Gasteiger partial charge in [-0.15, -0.1) is 0 Å². The monoisotopic (exact) mass is 301 g/mol. The molecule has 108 valence electrons. The Morgan fingerprint density at radius 2 is 1.71 bits per heavy atom. The molecule has 1 unspecified atom stereocenters. The molecule has 0 heterocycles. The summed E-state index contributed by atoms with van der Waals surface area (Å²) in [5.41, 5.74) is 0.693. The average Bonchev–Trinajstić information content (AvgIpc) is 2.53. The SMILES string of the molecule is COc1ccccc1S(=O)(=O)CC(C#N)c1ccccc1. The lowest BCUT2D eigenvalue weighted by molar-refractivity contribution is 0.402. The topological polar surface area (TPSA) is 67.2 Å². The maximum absolute atomic E-state index is 12.5. The van der Waals surface area contributed by atoms with Crippen LogP contribution in [0.1, 0.15) is 11.5 Å². The average molecular weight is 301 g/mol. The predicted molar refractivity (Wildman–Crippen MR) is 79.8 cm³/mol. The van der Waals surface area contributed by atoms with Crippen molar-refractivity contribution < 1.29 is 13.2 Å². The van der Waals surface area contributed by atoms with Crippen LogP contribution >= 0.6 is 0 Å². The molecule has 0 radical (unpaired) electrons. The molecule has 0 bridgehead atoms. The van der Waals surface area contributed by atoms with E-state index in [0.29, 0.717) is 11.3 Å². The van der Waals surface area contributed by atoms with E-state index in [1.807, 2.05) is 6.07 Å². The van der Waals surface area contributed by atoms with Crippen LogP contribution in [-0.2, 0) is 9.84 Å². The number of nitrogens with zero attached hydrogens (tertiary/aromatic N) is 1. The van der Waals surface area contributed by atoms with E-state index in [-0.39, 0.29) is 10.6 Å². The van der Waals surface area contributed by atoms with Crippen LogP contribution in [0, 0.1) is 11.3 Å². The van der Waals surface area contributed by atoms with Gasteiger partial charge < -0.3 is 4.74 Å². The van der Waals surface area contributed by atoms with Gasteiger partial charge in [0.1, 0.15) is 10.6 Å². The van der Waals surface area contributed by atoms with Gasteiger partial charge in [0.25, 0.3) is 0 Å². The predicted octanol–water partition coefficient (Wildman–Crippen LogP) is 2.78. The first-order valence-corrected chi connectivity index (χ1v) is 8.04. The van der Waals surface area contributed by atoms with Gasteiger partial charge in [0.05, 0.1) is 24.8 Å². The summed E-state index contributed by atoms with van der Waals surface area (Å²) in [5.74, 6) is -0.684. The van der Waals surface area contributed by atoms with Crippen molar-refractivity contribution in [2.24, 2.45) is 0 Å². The van der Waals surface area contributed by atoms with E-state index in [2.05, 4.69) is 6.07 Å². The molecule has 1 atom stereocenters. The molecule has 4 nitrogen and oxygen atoms in total. The molecule has 5 heteroatoms. The normalized spacial score (nSPS) is 12.4. The van der Waals surface area contributed by atoms with Crippen LogP contribution in [0.5, 0.6) is 5.75 Å². The molecule has 0 aliphatic heterocycles. The van der Waals surface area contributed by atoms with Crippen LogP contribution in [0.3, 0.4) is 0 Å². The molecule has 21 heavy (non-hydrogen) atoms. The Labute approximate surface area is 124 Å². The van der Waals surface area contributed by atoms with Gasteiger partial charge in [-0.05, 0) is 17.7 Å². The van der Waals surface area contributed by atoms with Gasteiger partial charge in [-0.3, -0.25) is 0 Å². The number of rotatable bonds is 5. The zero-order valence-corrected chi connectivity index (χ0v) is 12.4. The van der Waals surface area contributed by atoms with E-state index < -0.39 is 15.8 Å². The number of hydrogen-bond acceptors (Lipinski definition) is 4. The van der Waals surface area contributed by atoms with E-state index in [9.17, 15) is 13.7 Å². The lowest BCUT2D eigenvalue weighted by Crippen LogP contribution is -2.14. The van der Waals surface area contributed by atoms with Crippen molar-refractivity contribution in [2.45, 2.75) is 10.8 Å². The van der Waals surface area contributed by atoms with Crippen molar-refractivity contribution in [2.75, 3.05) is 12.9 Å². The number of sulfone groups is 1. The van der Waals surface area contributed by atoms with Gasteiger partial charge in [0, 0.05) is 0 Å². The second kappa shape index (κ2) is 6.42. The molecule has 0 amide bonds. The van der Waals surface area contributed by atoms with Crippen LogP contribution in [-0.4, -0.2) is 21.3 Å². The largest absolute Gasteiger partial charge is 0.495 e. The van der Waals surface area contributed by atoms with Gasteiger partial charge >= 0.3 is 0 Å². The summed E-state index contributed by atoms with van der Waals surface area (Å²) >= 11 is 0. The molecule has 0 aromatic heterocycles. The Balaban J connectivity index is 2.35. The maximum atomic E-state index is 12.5. The minimum atomic E-state index is -3.61. The Hall–Kier alpha value is -2.32. The van der Waals surface area contributed by atoms with Crippen LogP contribution in [0.15, 0.2) is 59.5 Å². The third-order valence-corrected chi connectivity index (χ3v) is 4.93. The van der Waals surface area contributed by atoms with Crippen molar-refractivity contribution in [3.05, 3.63) is 60.2 Å². The molecule has 0 aliphatic rings. The van der Waals surface area contributed by atoms with Crippen molar-refractivity contribution in [3.8, 4) is 11.8 Å². The molecule has 0 fully saturated rings. The fourth-order valence-electron chi connectivity index (χ4n) is 2.08. The molecular weight excluding hydrogens is 286 g/mol. The highest BCUT2D eigenvalue weighted by Crippen LogP contribution is 2.27. The Morgan fingerprint density at radius 3 is 2.33 bits per heavy atom. The van der Waals surface area contributed by atoms with Crippen molar-refractivity contribution in [1.82, 2.24) is 0 Å². The zero-order chi connectivity index (χ0) is 15.3. The van der Waals surface area contributed by atoms with Crippen molar-refractivity contribution >= 4 is 9.84 Å². The summed E-state index contributed by atoms with van der Waals surface area (Å²) in [4.78, 5) is 0.115. The highest BCUT2D eigenvalue weighted by molar-refractivity contribution is 7.91. The summed E-state index contributed by atoms with van der Waals surface area (Å²) in [6.07, 6.45) is 0. The van der Waals surface area contributed by atoms with Gasteiger partial charge in [0.2, 0.25) is 0 Å². The van der Waals surface area contributed by atoms with Crippen LogP contribution in [0.2, 0.25) is 0 Å². The standard InChI is InChI=1S/C16H15NO3S/c1-20-15-9-5-6-10-16(15)21(18,19)12-14(11-17)13-7-3-2-4-8-13/h2-10,14H,12H2,1H3. The van der Waals surface area contributed by atoms with Crippen LogP contribution < -0.4 is 4.74 Å². The number of nitriles is 1. The molecule has 2 aromatic rings. The molecule has 0 N–H and O–H groups in total. The van der Waals surface area contributed by atoms with E-state index in [0.717, 1.165) is 0 Å². The third kappa shape index (κ3) is 3.41. The summed E-state index contributed by atoms with van der Waals surface area (Å²) in [6, 6.07) is 17.4. The molecule has 2 rings (SSSR count). The number of para-hydroxylation sites is 1. The molecule has 0 saturated carbocycles. The van der Waals surface area contributed by atoms with Gasteiger partial charge in [-0.1, -0.05) is 42.5 Å². The first-order chi connectivity index (χ1) is 10.1. The molecule has 0 spiro atoms. The number of hydrogen-bond donors (Lipinski definition) is 0. The molecular formula is C16H15NO3S. The minimum Gasteiger partial charge on any atom is -0.495 e. The van der Waals surface area contributed by atoms with Gasteiger partial charge in [-0.25, -0.2) is 8.42 Å². The third-order valence-electron chi connectivity index (χ3n) is 3.15. The quantitative estimate of drug-likeness (QED) is 0.851. The van der Waals surface area contributed by atoms with E-state index in [4.69, 9.17) is 4.74 Å². The number of benzene rings is 2. The minimum absolute atomic E-state index is 0.115. The van der Waals surface area contributed by atoms with E-state index in [1.165, 1.54) is 13.2 Å². The summed E-state index contributed by atoms with van der Waals surface area (Å²) < 4.78 is 30.1. The Bertz CT molecular complexity index is 749. The number of methoxy groups -OCH3 is 1.